The molecule has 0 radical (unpaired) electrons. The van der Waals surface area contributed by atoms with E-state index in [1.54, 1.807) is 42.2 Å². The highest BCUT2D eigenvalue weighted by atomic mass is 32.2. The van der Waals surface area contributed by atoms with Gasteiger partial charge in [0.2, 0.25) is 10.0 Å². The maximum Gasteiger partial charge on any atom is 0.260 e. The van der Waals surface area contributed by atoms with Crippen molar-refractivity contribution in [1.82, 2.24) is 9.21 Å². The molecule has 1 aliphatic heterocycles. The van der Waals surface area contributed by atoms with Crippen LogP contribution in [0, 0.1) is 25.2 Å². The highest BCUT2D eigenvalue weighted by Crippen LogP contribution is 2.22. The van der Waals surface area contributed by atoms with Gasteiger partial charge in [0.1, 0.15) is 5.75 Å². The quantitative estimate of drug-likeness (QED) is 0.749. The number of carbonyl (C=O) groups is 1. The Morgan fingerprint density at radius 1 is 1.07 bits per heavy atom. The summed E-state index contributed by atoms with van der Waals surface area (Å²) in [5.41, 5.74) is 2.12. The molecule has 1 amide bonds. The number of aryl methyl sites for hydroxylation is 2. The number of piperazine rings is 1. The molecule has 0 N–H and O–H groups in total. The second-order valence-electron chi connectivity index (χ2n) is 6.98. The fourth-order valence-electron chi connectivity index (χ4n) is 3.16. The summed E-state index contributed by atoms with van der Waals surface area (Å²) < 4.78 is 32.9. The predicted molar refractivity (Wildman–Crippen MR) is 108 cm³/mol. The molecule has 0 aliphatic carbocycles. The van der Waals surface area contributed by atoms with E-state index in [0.29, 0.717) is 34.9 Å². The molecule has 29 heavy (non-hydrogen) atoms. The average Bonchev–Trinajstić information content (AvgIpc) is 2.74. The maximum atomic E-state index is 13.0. The van der Waals surface area contributed by atoms with Gasteiger partial charge in [-0.2, -0.15) is 9.57 Å². The normalized spacial score (nSPS) is 15.0. The fourth-order valence-corrected chi connectivity index (χ4v) is 4.90. The Labute approximate surface area is 171 Å². The van der Waals surface area contributed by atoms with Gasteiger partial charge in [0, 0.05) is 26.2 Å². The number of nitrogens with zero attached hydrogens (tertiary/aromatic N) is 3. The van der Waals surface area contributed by atoms with Gasteiger partial charge in [-0.3, -0.25) is 4.79 Å². The van der Waals surface area contributed by atoms with E-state index >= 15 is 0 Å². The monoisotopic (exact) mass is 413 g/mol. The molecule has 2 aromatic rings. The van der Waals surface area contributed by atoms with Crippen molar-refractivity contribution in [2.45, 2.75) is 18.7 Å². The lowest BCUT2D eigenvalue weighted by Gasteiger charge is -2.34. The predicted octanol–water partition coefficient (Wildman–Crippen LogP) is 2.09. The van der Waals surface area contributed by atoms with Gasteiger partial charge in [-0.15, -0.1) is 0 Å². The molecule has 1 aliphatic rings. The molecule has 0 aromatic heterocycles. The number of hydrogen-bond donors (Lipinski definition) is 0. The third-order valence-corrected chi connectivity index (χ3v) is 6.94. The van der Waals surface area contributed by atoms with Crippen molar-refractivity contribution < 1.29 is 17.9 Å². The van der Waals surface area contributed by atoms with Gasteiger partial charge < -0.3 is 9.64 Å². The van der Waals surface area contributed by atoms with Crippen LogP contribution >= 0.6 is 0 Å². The van der Waals surface area contributed by atoms with E-state index in [0.717, 1.165) is 5.56 Å². The van der Waals surface area contributed by atoms with Crippen LogP contribution < -0.4 is 4.74 Å². The molecule has 1 fully saturated rings. The molecule has 152 valence electrons. The van der Waals surface area contributed by atoms with Crippen LogP contribution in [0.4, 0.5) is 0 Å². The Morgan fingerprint density at radius 2 is 1.72 bits per heavy atom. The fraction of sp³-hybridized carbons (Fsp3) is 0.333. The van der Waals surface area contributed by atoms with Crippen LogP contribution in [-0.2, 0) is 14.8 Å². The van der Waals surface area contributed by atoms with Gasteiger partial charge in [-0.25, -0.2) is 8.42 Å². The van der Waals surface area contributed by atoms with Crippen molar-refractivity contribution in [3.05, 3.63) is 59.2 Å². The summed E-state index contributed by atoms with van der Waals surface area (Å²) in [5.74, 6) is 0.312. The molecule has 2 aromatic carbocycles. The van der Waals surface area contributed by atoms with Crippen LogP contribution in [0.5, 0.6) is 5.75 Å². The smallest absolute Gasteiger partial charge is 0.260 e. The van der Waals surface area contributed by atoms with Crippen LogP contribution in [0.1, 0.15) is 16.7 Å². The lowest BCUT2D eigenvalue weighted by atomic mass is 10.2. The van der Waals surface area contributed by atoms with Gasteiger partial charge in [0.05, 0.1) is 16.5 Å². The summed E-state index contributed by atoms with van der Waals surface area (Å²) in [7, 11) is -3.59. The van der Waals surface area contributed by atoms with Crippen molar-refractivity contribution in [1.29, 1.82) is 5.26 Å². The van der Waals surface area contributed by atoms with Crippen molar-refractivity contribution in [2.24, 2.45) is 0 Å². The summed E-state index contributed by atoms with van der Waals surface area (Å²) in [6.45, 7) is 4.65. The number of carbonyl (C=O) groups excluding carboxylic acids is 1. The van der Waals surface area contributed by atoms with E-state index in [4.69, 9.17) is 10.00 Å². The van der Waals surface area contributed by atoms with E-state index in [1.807, 2.05) is 25.1 Å². The second-order valence-corrected chi connectivity index (χ2v) is 8.89. The zero-order valence-corrected chi connectivity index (χ0v) is 17.3. The molecule has 3 rings (SSSR count). The Morgan fingerprint density at radius 3 is 2.34 bits per heavy atom. The van der Waals surface area contributed by atoms with Crippen LogP contribution in [0.2, 0.25) is 0 Å². The Balaban J connectivity index is 1.57. The van der Waals surface area contributed by atoms with E-state index in [2.05, 4.69) is 0 Å². The first-order valence-corrected chi connectivity index (χ1v) is 10.7. The number of ether oxygens (including phenoxy) is 1. The summed E-state index contributed by atoms with van der Waals surface area (Å²) in [5, 5.41) is 8.80. The number of sulfonamides is 1. The van der Waals surface area contributed by atoms with E-state index in [1.165, 1.54) is 4.31 Å². The highest BCUT2D eigenvalue weighted by Gasteiger charge is 2.31. The third-order valence-electron chi connectivity index (χ3n) is 4.90. The molecule has 0 unspecified atom stereocenters. The zero-order valence-electron chi connectivity index (χ0n) is 16.5. The SMILES string of the molecule is Cc1ccc(C)c(S(=O)(=O)N2CCN(C(=O)COc3ccc(C#N)cc3)CC2)c1. The van der Waals surface area contributed by atoms with Crippen molar-refractivity contribution in [2.75, 3.05) is 32.8 Å². The van der Waals surface area contributed by atoms with Crippen LogP contribution in [0.25, 0.3) is 0 Å². The van der Waals surface area contributed by atoms with E-state index in [9.17, 15) is 13.2 Å². The number of benzene rings is 2. The third kappa shape index (κ3) is 4.75. The Kier molecular flexibility index (Phi) is 6.20. The number of hydrogen-bond acceptors (Lipinski definition) is 5. The van der Waals surface area contributed by atoms with Gasteiger partial charge in [-0.1, -0.05) is 12.1 Å². The van der Waals surface area contributed by atoms with Crippen molar-refractivity contribution >= 4 is 15.9 Å². The van der Waals surface area contributed by atoms with Gasteiger partial charge in [0.25, 0.3) is 5.91 Å². The number of rotatable bonds is 5. The minimum atomic E-state index is -3.59. The lowest BCUT2D eigenvalue weighted by Crippen LogP contribution is -2.51. The first kappa shape index (κ1) is 20.8. The Bertz CT molecular complexity index is 1030. The van der Waals surface area contributed by atoms with Crippen LogP contribution in [0.3, 0.4) is 0 Å². The van der Waals surface area contributed by atoms with E-state index < -0.39 is 10.0 Å². The van der Waals surface area contributed by atoms with Gasteiger partial charge in [-0.05, 0) is 55.3 Å². The number of amides is 1. The molecule has 7 nitrogen and oxygen atoms in total. The first-order chi connectivity index (χ1) is 13.8. The molecule has 1 saturated heterocycles. The number of nitriles is 1. The highest BCUT2D eigenvalue weighted by molar-refractivity contribution is 7.89. The standard InChI is InChI=1S/C21H23N3O4S/c1-16-3-4-17(2)20(13-16)29(26,27)24-11-9-23(10-12-24)21(25)15-28-19-7-5-18(14-22)6-8-19/h3-8,13H,9-12,15H2,1-2H3. The molecule has 0 bridgehead atoms. The Hall–Kier alpha value is -2.89. The van der Waals surface area contributed by atoms with Gasteiger partial charge in [0.15, 0.2) is 6.61 Å². The molecule has 0 saturated carbocycles. The first-order valence-electron chi connectivity index (χ1n) is 9.29. The summed E-state index contributed by atoms with van der Waals surface area (Å²) in [6.07, 6.45) is 0. The largest absolute Gasteiger partial charge is 0.484 e. The summed E-state index contributed by atoms with van der Waals surface area (Å²) in [4.78, 5) is 14.3. The molecule has 8 heteroatoms. The van der Waals surface area contributed by atoms with Gasteiger partial charge >= 0.3 is 0 Å². The molecular formula is C21H23N3O4S. The van der Waals surface area contributed by atoms with Crippen molar-refractivity contribution in [3.63, 3.8) is 0 Å². The van der Waals surface area contributed by atoms with Crippen LogP contribution in [-0.4, -0.2) is 56.3 Å². The molecular weight excluding hydrogens is 390 g/mol. The summed E-state index contributed by atoms with van der Waals surface area (Å²) >= 11 is 0. The van der Waals surface area contributed by atoms with Crippen molar-refractivity contribution in [3.8, 4) is 11.8 Å². The average molecular weight is 413 g/mol. The minimum Gasteiger partial charge on any atom is -0.484 e. The second kappa shape index (κ2) is 8.64. The zero-order chi connectivity index (χ0) is 21.0. The lowest BCUT2D eigenvalue weighted by molar-refractivity contribution is -0.134. The molecule has 0 atom stereocenters. The maximum absolute atomic E-state index is 13.0. The van der Waals surface area contributed by atoms with Crippen LogP contribution in [0.15, 0.2) is 47.4 Å². The molecule has 1 heterocycles. The summed E-state index contributed by atoms with van der Waals surface area (Å²) in [6, 6.07) is 13.9. The minimum absolute atomic E-state index is 0.129. The molecule has 0 spiro atoms. The topological polar surface area (TPSA) is 90.7 Å². The van der Waals surface area contributed by atoms with E-state index in [-0.39, 0.29) is 25.6 Å².